The van der Waals surface area contributed by atoms with Gasteiger partial charge < -0.3 is 5.32 Å². The zero-order valence-corrected chi connectivity index (χ0v) is 10.2. The summed E-state index contributed by atoms with van der Waals surface area (Å²) in [4.78, 5) is 0. The molecule has 0 radical (unpaired) electrons. The Morgan fingerprint density at radius 1 is 1.50 bits per heavy atom. The van der Waals surface area contributed by atoms with Crippen LogP contribution in [0, 0.1) is 5.82 Å². The number of fused-ring (bicyclic) bond motifs is 1. The summed E-state index contributed by atoms with van der Waals surface area (Å²) >= 11 is 3.45. The molecule has 0 spiro atoms. The fourth-order valence-electron chi connectivity index (χ4n) is 1.85. The number of nitrogens with one attached hydrogen (secondary N) is 1. The summed E-state index contributed by atoms with van der Waals surface area (Å²) in [5, 5.41) is 3.31. The summed E-state index contributed by atoms with van der Waals surface area (Å²) in [6.07, 6.45) is 0.783. The van der Waals surface area contributed by atoms with E-state index < -0.39 is 0 Å². The molecule has 0 bridgehead atoms. The Bertz CT molecular complexity index is 343. The van der Waals surface area contributed by atoms with E-state index in [1.54, 1.807) is 6.07 Å². The minimum atomic E-state index is -0.0773. The Hall–Kier alpha value is -0.120. The van der Waals surface area contributed by atoms with Gasteiger partial charge in [-0.2, -0.15) is 0 Å². The van der Waals surface area contributed by atoms with Gasteiger partial charge in [0, 0.05) is 10.5 Å². The second-order valence-electron chi connectivity index (χ2n) is 3.35. The fourth-order valence-corrected chi connectivity index (χ4v) is 2.56. The van der Waals surface area contributed by atoms with Crippen LogP contribution >= 0.6 is 28.3 Å². The Morgan fingerprint density at radius 3 is 2.86 bits per heavy atom. The van der Waals surface area contributed by atoms with Gasteiger partial charge >= 0.3 is 0 Å². The molecule has 1 unspecified atom stereocenters. The van der Waals surface area contributed by atoms with Crippen molar-refractivity contribution in [1.82, 2.24) is 5.32 Å². The van der Waals surface area contributed by atoms with Crippen molar-refractivity contribution in [2.45, 2.75) is 19.4 Å². The molecule has 0 aliphatic carbocycles. The lowest BCUT2D eigenvalue weighted by Gasteiger charge is -2.25. The molecule has 0 aromatic heterocycles. The standard InChI is InChI=1S/C10H11BrFN.ClH/c1-6-10-7(4-5-13-6)9(12)3-2-8(10)11;/h2-3,6,13H,4-5H2,1H3;1H. The van der Waals surface area contributed by atoms with Gasteiger partial charge in [0.2, 0.25) is 0 Å². The van der Waals surface area contributed by atoms with Gasteiger partial charge in [0.1, 0.15) is 5.82 Å². The van der Waals surface area contributed by atoms with Gasteiger partial charge in [-0.15, -0.1) is 12.4 Å². The van der Waals surface area contributed by atoms with E-state index >= 15 is 0 Å². The molecule has 1 aliphatic rings. The normalized spacial score (nSPS) is 19.8. The van der Waals surface area contributed by atoms with Crippen LogP contribution in [0.15, 0.2) is 16.6 Å². The summed E-state index contributed by atoms with van der Waals surface area (Å²) in [5.41, 5.74) is 1.94. The second-order valence-corrected chi connectivity index (χ2v) is 4.20. The highest BCUT2D eigenvalue weighted by atomic mass is 79.9. The van der Waals surface area contributed by atoms with Crippen LogP contribution < -0.4 is 5.32 Å². The Balaban J connectivity index is 0.000000980. The number of rotatable bonds is 0. The lowest BCUT2D eigenvalue weighted by molar-refractivity contribution is 0.511. The zero-order valence-electron chi connectivity index (χ0n) is 7.81. The Morgan fingerprint density at radius 2 is 2.21 bits per heavy atom. The molecular weight excluding hydrogens is 268 g/mol. The van der Waals surface area contributed by atoms with Crippen molar-refractivity contribution >= 4 is 28.3 Å². The van der Waals surface area contributed by atoms with E-state index in [4.69, 9.17) is 0 Å². The molecule has 1 nitrogen and oxygen atoms in total. The highest BCUT2D eigenvalue weighted by Gasteiger charge is 2.20. The van der Waals surface area contributed by atoms with E-state index in [-0.39, 0.29) is 24.3 Å². The number of hydrogen-bond acceptors (Lipinski definition) is 1. The molecule has 1 N–H and O–H groups in total. The zero-order chi connectivity index (χ0) is 9.42. The molecule has 1 aliphatic heterocycles. The molecular formula is C10H12BrClFN. The minimum Gasteiger partial charge on any atom is -0.310 e. The van der Waals surface area contributed by atoms with Crippen molar-refractivity contribution in [3.63, 3.8) is 0 Å². The van der Waals surface area contributed by atoms with Crippen LogP contribution in [0.5, 0.6) is 0 Å². The molecule has 2 rings (SSSR count). The van der Waals surface area contributed by atoms with E-state index in [0.717, 1.165) is 28.6 Å². The third kappa shape index (κ3) is 1.95. The van der Waals surface area contributed by atoms with Gasteiger partial charge in [0.05, 0.1) is 0 Å². The Labute approximate surface area is 97.6 Å². The van der Waals surface area contributed by atoms with Gasteiger partial charge in [-0.1, -0.05) is 15.9 Å². The molecule has 78 valence electrons. The average Bonchev–Trinajstić information content (AvgIpc) is 2.12. The predicted octanol–water partition coefficient (Wildman–Crippen LogP) is 3.22. The maximum Gasteiger partial charge on any atom is 0.126 e. The first-order valence-electron chi connectivity index (χ1n) is 4.40. The van der Waals surface area contributed by atoms with Crippen LogP contribution in [-0.2, 0) is 6.42 Å². The summed E-state index contributed by atoms with van der Waals surface area (Å²) in [7, 11) is 0. The highest BCUT2D eigenvalue weighted by Crippen LogP contribution is 2.31. The van der Waals surface area contributed by atoms with E-state index in [1.165, 1.54) is 6.07 Å². The van der Waals surface area contributed by atoms with Crippen LogP contribution in [0.3, 0.4) is 0 Å². The van der Waals surface area contributed by atoms with Crippen molar-refractivity contribution in [3.05, 3.63) is 33.5 Å². The molecule has 1 aromatic rings. The fraction of sp³-hybridized carbons (Fsp3) is 0.400. The molecule has 14 heavy (non-hydrogen) atoms. The molecule has 4 heteroatoms. The third-order valence-corrected chi connectivity index (χ3v) is 3.20. The molecule has 1 atom stereocenters. The van der Waals surface area contributed by atoms with Gasteiger partial charge in [-0.05, 0) is 43.1 Å². The third-order valence-electron chi connectivity index (χ3n) is 2.51. The first-order valence-corrected chi connectivity index (χ1v) is 5.19. The minimum absolute atomic E-state index is 0. The van der Waals surface area contributed by atoms with Gasteiger partial charge in [0.15, 0.2) is 0 Å². The van der Waals surface area contributed by atoms with E-state index in [1.807, 2.05) is 0 Å². The summed E-state index contributed by atoms with van der Waals surface area (Å²) in [6.45, 7) is 2.92. The second kappa shape index (κ2) is 4.60. The molecule has 0 saturated carbocycles. The maximum absolute atomic E-state index is 13.4. The van der Waals surface area contributed by atoms with E-state index in [0.29, 0.717) is 0 Å². The molecule has 0 amide bonds. The largest absolute Gasteiger partial charge is 0.310 e. The maximum atomic E-state index is 13.4. The molecule has 0 saturated heterocycles. The summed E-state index contributed by atoms with van der Waals surface area (Å²) in [5.74, 6) is -0.0773. The first kappa shape index (κ1) is 12.0. The average molecular weight is 281 g/mol. The van der Waals surface area contributed by atoms with Gasteiger partial charge in [0.25, 0.3) is 0 Å². The van der Waals surface area contributed by atoms with Crippen LogP contribution in [0.25, 0.3) is 0 Å². The first-order chi connectivity index (χ1) is 6.20. The highest BCUT2D eigenvalue weighted by molar-refractivity contribution is 9.10. The molecule has 0 fully saturated rings. The van der Waals surface area contributed by atoms with Crippen molar-refractivity contribution in [2.75, 3.05) is 6.54 Å². The van der Waals surface area contributed by atoms with Crippen LogP contribution in [0.4, 0.5) is 4.39 Å². The smallest absolute Gasteiger partial charge is 0.126 e. The summed E-state index contributed by atoms with van der Waals surface area (Å²) in [6, 6.07) is 3.55. The van der Waals surface area contributed by atoms with Crippen molar-refractivity contribution in [3.8, 4) is 0 Å². The quantitative estimate of drug-likeness (QED) is 0.769. The molecule has 1 heterocycles. The summed E-state index contributed by atoms with van der Waals surface area (Å²) < 4.78 is 14.4. The topological polar surface area (TPSA) is 12.0 Å². The lowest BCUT2D eigenvalue weighted by atomic mass is 9.95. The van der Waals surface area contributed by atoms with Gasteiger partial charge in [-0.3, -0.25) is 0 Å². The SMILES string of the molecule is CC1NCCc2c(F)ccc(Br)c21.Cl. The van der Waals surface area contributed by atoms with Crippen molar-refractivity contribution in [1.29, 1.82) is 0 Å². The van der Waals surface area contributed by atoms with Gasteiger partial charge in [-0.25, -0.2) is 4.39 Å². The monoisotopic (exact) mass is 279 g/mol. The van der Waals surface area contributed by atoms with Crippen molar-refractivity contribution < 1.29 is 4.39 Å². The number of benzene rings is 1. The molecule has 1 aromatic carbocycles. The van der Waals surface area contributed by atoms with Crippen LogP contribution in [-0.4, -0.2) is 6.54 Å². The lowest BCUT2D eigenvalue weighted by Crippen LogP contribution is -2.28. The van der Waals surface area contributed by atoms with E-state index in [9.17, 15) is 4.39 Å². The van der Waals surface area contributed by atoms with Crippen molar-refractivity contribution in [2.24, 2.45) is 0 Å². The number of hydrogen-bond donors (Lipinski definition) is 1. The Kier molecular flexibility index (Phi) is 3.93. The van der Waals surface area contributed by atoms with E-state index in [2.05, 4.69) is 28.2 Å². The van der Waals surface area contributed by atoms with Crippen LogP contribution in [0.2, 0.25) is 0 Å². The predicted molar refractivity (Wildman–Crippen MR) is 61.5 cm³/mol. The number of halogens is 3. The van der Waals surface area contributed by atoms with Crippen LogP contribution in [0.1, 0.15) is 24.1 Å².